The third-order valence-corrected chi connectivity index (χ3v) is 4.04. The van der Waals surface area contributed by atoms with Gasteiger partial charge in [0.1, 0.15) is 11.8 Å². The largest absolute Gasteiger partial charge is 0.494 e. The quantitative estimate of drug-likeness (QED) is 0.844. The molecule has 0 aliphatic heterocycles. The lowest BCUT2D eigenvalue weighted by Crippen LogP contribution is -2.12. The van der Waals surface area contributed by atoms with Gasteiger partial charge in [-0.2, -0.15) is 5.26 Å². The van der Waals surface area contributed by atoms with Gasteiger partial charge in [0.25, 0.3) is 0 Å². The maximum Gasteiger partial charge on any atom is 0.238 e. The molecule has 0 saturated carbocycles. The van der Waals surface area contributed by atoms with Crippen molar-refractivity contribution in [1.29, 1.82) is 5.26 Å². The molecule has 2 aromatic carbocycles. The lowest BCUT2D eigenvalue weighted by atomic mass is 10.1. The number of nitrogens with two attached hydrogens (primary N) is 1. The number of sulfonamides is 1. The summed E-state index contributed by atoms with van der Waals surface area (Å²) in [6.45, 7) is 2.98. The summed E-state index contributed by atoms with van der Waals surface area (Å²) in [5.41, 5.74) is 1.74. The summed E-state index contributed by atoms with van der Waals surface area (Å²) < 4.78 is 28.1. The molecule has 0 amide bonds. The van der Waals surface area contributed by atoms with Crippen LogP contribution in [0.1, 0.15) is 18.1 Å². The number of ether oxygens (including phenoxy) is 1. The first-order chi connectivity index (χ1) is 10.9. The van der Waals surface area contributed by atoms with Crippen LogP contribution < -0.4 is 15.2 Å². The van der Waals surface area contributed by atoms with Gasteiger partial charge in [0, 0.05) is 6.54 Å². The Kier molecular flexibility index (Phi) is 5.21. The minimum atomic E-state index is -3.83. The topological polar surface area (TPSA) is 105 Å². The van der Waals surface area contributed by atoms with Crippen LogP contribution in [0.15, 0.2) is 47.4 Å². The highest BCUT2D eigenvalue weighted by Crippen LogP contribution is 2.21. The molecular formula is C16H17N3O3S. The lowest BCUT2D eigenvalue weighted by molar-refractivity contribution is 0.340. The normalized spacial score (nSPS) is 10.8. The molecule has 6 nitrogen and oxygen atoms in total. The van der Waals surface area contributed by atoms with Crippen LogP contribution in [0, 0.1) is 11.3 Å². The minimum absolute atomic E-state index is 0.0852. The zero-order valence-electron chi connectivity index (χ0n) is 12.6. The summed E-state index contributed by atoms with van der Waals surface area (Å²) in [6.07, 6.45) is 0. The summed E-state index contributed by atoms with van der Waals surface area (Å²) in [5.74, 6) is 0.775. The third kappa shape index (κ3) is 4.45. The third-order valence-electron chi connectivity index (χ3n) is 3.13. The van der Waals surface area contributed by atoms with E-state index >= 15 is 0 Å². The number of primary sulfonamides is 1. The molecule has 0 aliphatic carbocycles. The van der Waals surface area contributed by atoms with E-state index in [1.54, 1.807) is 0 Å². The minimum Gasteiger partial charge on any atom is -0.494 e. The van der Waals surface area contributed by atoms with E-state index in [4.69, 9.17) is 9.88 Å². The Bertz CT molecular complexity index is 842. The number of anilines is 1. The summed E-state index contributed by atoms with van der Waals surface area (Å²) in [4.78, 5) is -0.0852. The SMILES string of the molecule is CCOc1cccc(CNc2ccc(S(N)(=O)=O)cc2C#N)c1. The van der Waals surface area contributed by atoms with Crippen molar-refractivity contribution in [1.82, 2.24) is 0 Å². The fourth-order valence-corrected chi connectivity index (χ4v) is 2.60. The number of nitrogens with one attached hydrogen (secondary N) is 1. The second kappa shape index (κ2) is 7.13. The standard InChI is InChI=1S/C16H17N3O3S/c1-2-22-14-5-3-4-12(8-14)11-19-16-7-6-15(23(18,20)21)9-13(16)10-17/h3-9,19H,2,11H2,1H3,(H2,18,20,21). The molecule has 0 fully saturated rings. The Morgan fingerprint density at radius 2 is 2.04 bits per heavy atom. The number of benzene rings is 2. The molecule has 0 unspecified atom stereocenters. The number of nitrogens with zero attached hydrogens (tertiary/aromatic N) is 1. The molecule has 0 bridgehead atoms. The van der Waals surface area contributed by atoms with Crippen molar-refractivity contribution in [2.45, 2.75) is 18.4 Å². The Labute approximate surface area is 135 Å². The van der Waals surface area contributed by atoms with Crippen LogP contribution in [0.5, 0.6) is 5.75 Å². The molecular weight excluding hydrogens is 314 g/mol. The number of rotatable bonds is 6. The van der Waals surface area contributed by atoms with Gasteiger partial charge in [-0.3, -0.25) is 0 Å². The first-order valence-corrected chi connectivity index (χ1v) is 8.51. The van der Waals surface area contributed by atoms with E-state index < -0.39 is 10.0 Å². The zero-order valence-corrected chi connectivity index (χ0v) is 13.4. The Hall–Kier alpha value is -2.56. The smallest absolute Gasteiger partial charge is 0.238 e. The Morgan fingerprint density at radius 1 is 1.26 bits per heavy atom. The van der Waals surface area contributed by atoms with Crippen LogP contribution in [0.2, 0.25) is 0 Å². The molecule has 120 valence electrons. The van der Waals surface area contributed by atoms with E-state index in [1.165, 1.54) is 18.2 Å². The number of nitriles is 1. The van der Waals surface area contributed by atoms with Gasteiger partial charge in [0.15, 0.2) is 0 Å². The molecule has 0 aliphatic rings. The molecule has 0 heterocycles. The van der Waals surface area contributed by atoms with E-state index in [-0.39, 0.29) is 10.5 Å². The molecule has 2 rings (SSSR count). The van der Waals surface area contributed by atoms with Crippen LogP contribution >= 0.6 is 0 Å². The number of hydrogen-bond donors (Lipinski definition) is 2. The highest BCUT2D eigenvalue weighted by molar-refractivity contribution is 7.89. The average Bonchev–Trinajstić information content (AvgIpc) is 2.52. The maximum atomic E-state index is 11.3. The highest BCUT2D eigenvalue weighted by atomic mass is 32.2. The monoisotopic (exact) mass is 331 g/mol. The molecule has 0 aromatic heterocycles. The van der Waals surface area contributed by atoms with E-state index in [2.05, 4.69) is 5.32 Å². The van der Waals surface area contributed by atoms with Crippen molar-refractivity contribution in [3.8, 4) is 11.8 Å². The van der Waals surface area contributed by atoms with E-state index in [1.807, 2.05) is 37.3 Å². The summed E-state index contributed by atoms with van der Waals surface area (Å²) in [6, 6.07) is 13.7. The van der Waals surface area contributed by atoms with Crippen molar-refractivity contribution in [2.75, 3.05) is 11.9 Å². The van der Waals surface area contributed by atoms with Gasteiger partial charge in [-0.25, -0.2) is 13.6 Å². The summed E-state index contributed by atoms with van der Waals surface area (Å²) in [5, 5.41) is 17.4. The fourth-order valence-electron chi connectivity index (χ4n) is 2.06. The van der Waals surface area contributed by atoms with Gasteiger partial charge in [-0.1, -0.05) is 12.1 Å². The van der Waals surface area contributed by atoms with Gasteiger partial charge in [0.2, 0.25) is 10.0 Å². The Balaban J connectivity index is 2.18. The summed E-state index contributed by atoms with van der Waals surface area (Å²) >= 11 is 0. The van der Waals surface area contributed by atoms with E-state index in [0.717, 1.165) is 11.3 Å². The molecule has 3 N–H and O–H groups in total. The molecule has 0 atom stereocenters. The van der Waals surface area contributed by atoms with Gasteiger partial charge >= 0.3 is 0 Å². The van der Waals surface area contributed by atoms with Gasteiger partial charge in [-0.05, 0) is 42.8 Å². The van der Waals surface area contributed by atoms with Gasteiger partial charge < -0.3 is 10.1 Å². The second-order valence-corrected chi connectivity index (χ2v) is 6.36. The van der Waals surface area contributed by atoms with Gasteiger partial charge in [0.05, 0.1) is 22.8 Å². The first-order valence-electron chi connectivity index (χ1n) is 6.96. The first kappa shape index (κ1) is 16.8. The average molecular weight is 331 g/mol. The van der Waals surface area contributed by atoms with Crippen molar-refractivity contribution in [3.05, 3.63) is 53.6 Å². The lowest BCUT2D eigenvalue weighted by Gasteiger charge is -2.10. The highest BCUT2D eigenvalue weighted by Gasteiger charge is 2.11. The van der Waals surface area contributed by atoms with Crippen molar-refractivity contribution >= 4 is 15.7 Å². The Morgan fingerprint density at radius 3 is 2.70 bits per heavy atom. The maximum absolute atomic E-state index is 11.3. The van der Waals surface area contributed by atoms with Crippen LogP contribution in [0.25, 0.3) is 0 Å². The van der Waals surface area contributed by atoms with Crippen LogP contribution in [0.4, 0.5) is 5.69 Å². The molecule has 23 heavy (non-hydrogen) atoms. The molecule has 0 radical (unpaired) electrons. The molecule has 2 aromatic rings. The molecule has 0 saturated heterocycles. The van der Waals surface area contributed by atoms with Crippen LogP contribution in [-0.4, -0.2) is 15.0 Å². The fraction of sp³-hybridized carbons (Fsp3) is 0.188. The van der Waals surface area contributed by atoms with Gasteiger partial charge in [-0.15, -0.1) is 0 Å². The second-order valence-electron chi connectivity index (χ2n) is 4.80. The summed E-state index contributed by atoms with van der Waals surface area (Å²) in [7, 11) is -3.83. The van der Waals surface area contributed by atoms with Crippen molar-refractivity contribution < 1.29 is 13.2 Å². The predicted molar refractivity (Wildman–Crippen MR) is 87.5 cm³/mol. The van der Waals surface area contributed by atoms with Crippen LogP contribution in [-0.2, 0) is 16.6 Å². The molecule has 7 heteroatoms. The van der Waals surface area contributed by atoms with Crippen molar-refractivity contribution in [3.63, 3.8) is 0 Å². The van der Waals surface area contributed by atoms with Crippen molar-refractivity contribution in [2.24, 2.45) is 5.14 Å². The predicted octanol–water partition coefficient (Wildman–Crippen LogP) is 2.22. The zero-order chi connectivity index (χ0) is 16.9. The van der Waals surface area contributed by atoms with E-state index in [9.17, 15) is 13.7 Å². The van der Waals surface area contributed by atoms with E-state index in [0.29, 0.717) is 18.8 Å². The molecule has 0 spiro atoms. The van der Waals surface area contributed by atoms with Crippen LogP contribution in [0.3, 0.4) is 0 Å². The number of hydrogen-bond acceptors (Lipinski definition) is 5.